The van der Waals surface area contributed by atoms with Crippen LogP contribution in [0.3, 0.4) is 0 Å². The fraction of sp³-hybridized carbons (Fsp3) is 0.316. The minimum atomic E-state index is -0.681. The first kappa shape index (κ1) is 17.4. The maximum Gasteiger partial charge on any atom is 0.170 e. The largest absolute Gasteiger partial charge is 0.496 e. The molecule has 0 fully saturated rings. The van der Waals surface area contributed by atoms with E-state index < -0.39 is 6.10 Å². The van der Waals surface area contributed by atoms with Crippen molar-refractivity contribution in [3.63, 3.8) is 0 Å². The topological polar surface area (TPSA) is 85.5 Å². The van der Waals surface area contributed by atoms with Gasteiger partial charge in [0.1, 0.15) is 11.5 Å². The van der Waals surface area contributed by atoms with E-state index in [4.69, 9.17) is 9.47 Å². The number of benzene rings is 2. The summed E-state index contributed by atoms with van der Waals surface area (Å²) in [4.78, 5) is 2.10. The van der Waals surface area contributed by atoms with Crippen molar-refractivity contribution in [1.29, 1.82) is 0 Å². The molecule has 0 radical (unpaired) electrons. The number of aliphatic hydroxyl groups excluding tert-OH is 1. The van der Waals surface area contributed by atoms with Crippen LogP contribution in [0.15, 0.2) is 42.5 Å². The molecule has 1 unspecified atom stereocenters. The first-order valence-corrected chi connectivity index (χ1v) is 8.68. The summed E-state index contributed by atoms with van der Waals surface area (Å²) in [6, 6.07) is 13.4. The molecule has 0 aliphatic carbocycles. The summed E-state index contributed by atoms with van der Waals surface area (Å²) in [6.45, 7) is 1.56. The van der Waals surface area contributed by atoms with Gasteiger partial charge >= 0.3 is 0 Å². The van der Waals surface area contributed by atoms with Crippen LogP contribution in [0.25, 0.3) is 5.69 Å². The first-order valence-electron chi connectivity index (χ1n) is 8.68. The van der Waals surface area contributed by atoms with E-state index in [9.17, 15) is 5.11 Å². The molecule has 1 aliphatic heterocycles. The number of rotatable bonds is 5. The molecule has 8 nitrogen and oxygen atoms in total. The maximum atomic E-state index is 10.7. The lowest BCUT2D eigenvalue weighted by atomic mass is 9.95. The lowest BCUT2D eigenvalue weighted by molar-refractivity contribution is 0.0824. The Kier molecular flexibility index (Phi) is 4.74. The Labute approximate surface area is 156 Å². The van der Waals surface area contributed by atoms with E-state index in [1.807, 2.05) is 42.5 Å². The van der Waals surface area contributed by atoms with Crippen molar-refractivity contribution in [3.8, 4) is 17.2 Å². The highest BCUT2D eigenvalue weighted by atomic mass is 16.5. The Morgan fingerprint density at radius 1 is 1.07 bits per heavy atom. The van der Waals surface area contributed by atoms with Crippen LogP contribution >= 0.6 is 0 Å². The lowest BCUT2D eigenvalue weighted by Gasteiger charge is -2.33. The third kappa shape index (κ3) is 3.24. The Hall–Kier alpha value is -2.97. The van der Waals surface area contributed by atoms with Crippen LogP contribution in [-0.2, 0) is 13.1 Å². The van der Waals surface area contributed by atoms with Gasteiger partial charge in [0.25, 0.3) is 0 Å². The van der Waals surface area contributed by atoms with Crippen LogP contribution in [0.5, 0.6) is 11.5 Å². The number of para-hydroxylation sites is 1. The van der Waals surface area contributed by atoms with Gasteiger partial charge in [-0.05, 0) is 34.7 Å². The fourth-order valence-corrected chi connectivity index (χ4v) is 3.54. The zero-order valence-corrected chi connectivity index (χ0v) is 15.2. The summed E-state index contributed by atoms with van der Waals surface area (Å²) in [5.41, 5.74) is 2.61. The van der Waals surface area contributed by atoms with Gasteiger partial charge in [0.2, 0.25) is 0 Å². The molecule has 0 saturated carbocycles. The van der Waals surface area contributed by atoms with Gasteiger partial charge in [-0.15, -0.1) is 5.10 Å². The number of tetrazole rings is 1. The van der Waals surface area contributed by atoms with Crippen LogP contribution < -0.4 is 9.47 Å². The number of hydrogen-bond donors (Lipinski definition) is 1. The second kappa shape index (κ2) is 7.34. The maximum absolute atomic E-state index is 10.7. The highest BCUT2D eigenvalue weighted by Crippen LogP contribution is 2.39. The van der Waals surface area contributed by atoms with Crippen LogP contribution in [0, 0.1) is 0 Å². The summed E-state index contributed by atoms with van der Waals surface area (Å²) in [5.74, 6) is 2.11. The second-order valence-corrected chi connectivity index (χ2v) is 6.39. The molecule has 3 aromatic rings. The number of nitrogens with zero attached hydrogens (tertiary/aromatic N) is 5. The van der Waals surface area contributed by atoms with E-state index in [0.29, 0.717) is 31.2 Å². The summed E-state index contributed by atoms with van der Waals surface area (Å²) in [6.07, 6.45) is -0.681. The molecular weight excluding hydrogens is 346 g/mol. The van der Waals surface area contributed by atoms with Gasteiger partial charge in [0, 0.05) is 24.2 Å². The van der Waals surface area contributed by atoms with Gasteiger partial charge < -0.3 is 14.6 Å². The van der Waals surface area contributed by atoms with Crippen molar-refractivity contribution in [2.45, 2.75) is 19.2 Å². The van der Waals surface area contributed by atoms with Crippen LogP contribution in [-0.4, -0.2) is 51.0 Å². The van der Waals surface area contributed by atoms with E-state index in [0.717, 1.165) is 22.6 Å². The lowest BCUT2D eigenvalue weighted by Crippen LogP contribution is -2.34. The van der Waals surface area contributed by atoms with Gasteiger partial charge in [-0.1, -0.05) is 18.2 Å². The van der Waals surface area contributed by atoms with Crippen molar-refractivity contribution in [3.05, 3.63) is 59.4 Å². The van der Waals surface area contributed by atoms with Gasteiger partial charge in [-0.2, -0.15) is 4.68 Å². The molecular formula is C19H21N5O3. The molecule has 0 spiro atoms. The summed E-state index contributed by atoms with van der Waals surface area (Å²) in [7, 11) is 3.23. The van der Waals surface area contributed by atoms with Gasteiger partial charge in [-0.25, -0.2) is 0 Å². The number of aliphatic hydroxyl groups is 1. The molecule has 4 rings (SSSR count). The molecule has 140 valence electrons. The third-order valence-electron chi connectivity index (χ3n) is 4.76. The van der Waals surface area contributed by atoms with Gasteiger partial charge in [0.15, 0.2) is 5.82 Å². The monoisotopic (exact) mass is 367 g/mol. The molecule has 1 aliphatic rings. The molecule has 1 atom stereocenters. The zero-order valence-electron chi connectivity index (χ0n) is 15.2. The number of β-amino-alcohol motifs (C(OH)–C–C–N with tert-alkyl or cyclic N) is 1. The first-order chi connectivity index (χ1) is 13.2. The van der Waals surface area contributed by atoms with Crippen LogP contribution in [0.2, 0.25) is 0 Å². The predicted molar refractivity (Wildman–Crippen MR) is 97.8 cm³/mol. The summed E-state index contributed by atoms with van der Waals surface area (Å²) >= 11 is 0. The number of methoxy groups -OCH3 is 2. The fourth-order valence-electron chi connectivity index (χ4n) is 3.54. The quantitative estimate of drug-likeness (QED) is 0.735. The van der Waals surface area contributed by atoms with E-state index in [2.05, 4.69) is 20.4 Å². The minimum absolute atomic E-state index is 0.457. The molecule has 2 heterocycles. The molecule has 8 heteroatoms. The molecule has 1 N–H and O–H groups in total. The summed E-state index contributed by atoms with van der Waals surface area (Å²) in [5, 5.41) is 22.8. The van der Waals surface area contributed by atoms with Crippen molar-refractivity contribution < 1.29 is 14.6 Å². The average molecular weight is 367 g/mol. The van der Waals surface area contributed by atoms with Crippen molar-refractivity contribution in [2.75, 3.05) is 20.8 Å². The van der Waals surface area contributed by atoms with Crippen LogP contribution in [0.4, 0.5) is 0 Å². The second-order valence-electron chi connectivity index (χ2n) is 6.39. The zero-order chi connectivity index (χ0) is 18.8. The molecule has 2 aromatic carbocycles. The Balaban J connectivity index is 1.63. The van der Waals surface area contributed by atoms with Gasteiger partial charge in [0.05, 0.1) is 32.6 Å². The third-order valence-corrected chi connectivity index (χ3v) is 4.76. The van der Waals surface area contributed by atoms with E-state index in [1.54, 1.807) is 18.9 Å². The molecule has 0 bridgehead atoms. The number of fused-ring (bicyclic) bond motifs is 1. The Morgan fingerprint density at radius 3 is 2.56 bits per heavy atom. The number of ether oxygens (including phenoxy) is 2. The standard InChI is InChI=1S/C19H21N5O3/c1-26-16-8-9-17(27-2)19-14(16)10-23(11-15(19)25)12-18-20-21-22-24(18)13-6-4-3-5-7-13/h3-9,15,25H,10-12H2,1-2H3. The van der Waals surface area contributed by atoms with Gasteiger partial charge in [-0.3, -0.25) is 4.90 Å². The highest BCUT2D eigenvalue weighted by Gasteiger charge is 2.30. The van der Waals surface area contributed by atoms with Crippen LogP contribution in [0.1, 0.15) is 23.1 Å². The Morgan fingerprint density at radius 2 is 1.81 bits per heavy atom. The predicted octanol–water partition coefficient (Wildman–Crippen LogP) is 1.73. The minimum Gasteiger partial charge on any atom is -0.496 e. The molecule has 0 amide bonds. The molecule has 27 heavy (non-hydrogen) atoms. The number of aromatic nitrogens is 4. The SMILES string of the molecule is COc1ccc(OC)c2c1CN(Cc1nnnn1-c1ccccc1)CC2O. The van der Waals surface area contributed by atoms with Crippen molar-refractivity contribution in [1.82, 2.24) is 25.1 Å². The molecule has 1 aromatic heterocycles. The average Bonchev–Trinajstić information content (AvgIpc) is 3.15. The normalized spacial score (nSPS) is 16.8. The molecule has 0 saturated heterocycles. The van der Waals surface area contributed by atoms with E-state index in [1.165, 1.54) is 0 Å². The Bertz CT molecular complexity index is 928. The smallest absolute Gasteiger partial charge is 0.170 e. The van der Waals surface area contributed by atoms with E-state index in [-0.39, 0.29) is 0 Å². The van der Waals surface area contributed by atoms with E-state index >= 15 is 0 Å². The highest BCUT2D eigenvalue weighted by molar-refractivity contribution is 5.51. The number of hydrogen-bond acceptors (Lipinski definition) is 7. The van der Waals surface area contributed by atoms with Crippen molar-refractivity contribution in [2.24, 2.45) is 0 Å². The van der Waals surface area contributed by atoms with Crippen molar-refractivity contribution >= 4 is 0 Å². The summed E-state index contributed by atoms with van der Waals surface area (Å²) < 4.78 is 12.6.